The average Bonchev–Trinajstić information content (AvgIpc) is 2.47. The van der Waals surface area contributed by atoms with Crippen LogP contribution in [0, 0.1) is 5.82 Å². The van der Waals surface area contributed by atoms with E-state index in [9.17, 15) is 9.18 Å². The number of nitrogens with one attached hydrogen (secondary N) is 1. The number of para-hydroxylation sites is 1. The van der Waals surface area contributed by atoms with E-state index in [1.165, 1.54) is 12.1 Å². The van der Waals surface area contributed by atoms with E-state index >= 15 is 0 Å². The molecule has 21 heavy (non-hydrogen) atoms. The fraction of sp³-hybridized carbons (Fsp3) is 0.188. The lowest BCUT2D eigenvalue weighted by Crippen LogP contribution is -2.33. The molecule has 0 fully saturated rings. The van der Waals surface area contributed by atoms with E-state index in [1.54, 1.807) is 0 Å². The van der Waals surface area contributed by atoms with Crippen LogP contribution in [0.2, 0.25) is 0 Å². The molecule has 0 bridgehead atoms. The highest BCUT2D eigenvalue weighted by Crippen LogP contribution is 2.13. The van der Waals surface area contributed by atoms with Gasteiger partial charge in [0, 0.05) is 31.5 Å². The highest BCUT2D eigenvalue weighted by atomic mass is 19.1. The first-order valence-electron chi connectivity index (χ1n) is 6.67. The molecule has 0 unspecified atom stereocenters. The lowest BCUT2D eigenvalue weighted by atomic mass is 10.1. The van der Waals surface area contributed by atoms with Crippen LogP contribution in [0.1, 0.15) is 10.4 Å². The largest absolute Gasteiger partial charge is 0.398 e. The maximum Gasteiger partial charge on any atom is 0.253 e. The van der Waals surface area contributed by atoms with Gasteiger partial charge in [-0.25, -0.2) is 4.39 Å². The SMILES string of the molecule is CN(CCNC(=O)c1ccc(F)cc1N)c1ccccc1. The summed E-state index contributed by atoms with van der Waals surface area (Å²) < 4.78 is 12.9. The number of hydrogen-bond acceptors (Lipinski definition) is 3. The molecule has 0 atom stereocenters. The summed E-state index contributed by atoms with van der Waals surface area (Å²) in [6, 6.07) is 13.6. The zero-order valence-corrected chi connectivity index (χ0v) is 11.8. The number of carbonyl (C=O) groups is 1. The van der Waals surface area contributed by atoms with Gasteiger partial charge in [-0.2, -0.15) is 0 Å². The minimum atomic E-state index is -0.451. The number of nitrogens with zero attached hydrogens (tertiary/aromatic N) is 1. The molecule has 3 N–H and O–H groups in total. The normalized spacial score (nSPS) is 10.2. The number of amides is 1. The topological polar surface area (TPSA) is 58.4 Å². The Labute approximate surface area is 123 Å². The summed E-state index contributed by atoms with van der Waals surface area (Å²) in [6.07, 6.45) is 0. The summed E-state index contributed by atoms with van der Waals surface area (Å²) in [5.41, 5.74) is 7.14. The fourth-order valence-electron chi connectivity index (χ4n) is 1.98. The van der Waals surface area contributed by atoms with Crippen molar-refractivity contribution in [3.63, 3.8) is 0 Å². The summed E-state index contributed by atoms with van der Waals surface area (Å²) in [7, 11) is 1.95. The van der Waals surface area contributed by atoms with Crippen molar-refractivity contribution in [1.29, 1.82) is 0 Å². The minimum Gasteiger partial charge on any atom is -0.398 e. The van der Waals surface area contributed by atoms with Gasteiger partial charge < -0.3 is 16.0 Å². The molecule has 1 amide bonds. The van der Waals surface area contributed by atoms with Gasteiger partial charge in [-0.1, -0.05) is 18.2 Å². The molecule has 0 heterocycles. The lowest BCUT2D eigenvalue weighted by Gasteiger charge is -2.19. The zero-order valence-electron chi connectivity index (χ0n) is 11.8. The van der Waals surface area contributed by atoms with Gasteiger partial charge in [-0.3, -0.25) is 4.79 Å². The predicted molar refractivity (Wildman–Crippen MR) is 82.9 cm³/mol. The summed E-state index contributed by atoms with van der Waals surface area (Å²) in [5.74, 6) is -0.748. The van der Waals surface area contributed by atoms with Gasteiger partial charge in [0.2, 0.25) is 0 Å². The van der Waals surface area contributed by atoms with Crippen LogP contribution >= 0.6 is 0 Å². The first-order valence-corrected chi connectivity index (χ1v) is 6.67. The smallest absolute Gasteiger partial charge is 0.253 e. The lowest BCUT2D eigenvalue weighted by molar-refractivity contribution is 0.0955. The molecule has 0 aliphatic carbocycles. The Hall–Kier alpha value is -2.56. The molecule has 0 saturated carbocycles. The van der Waals surface area contributed by atoms with Gasteiger partial charge in [-0.05, 0) is 30.3 Å². The molecular weight excluding hydrogens is 269 g/mol. The molecule has 0 aliphatic rings. The van der Waals surface area contributed by atoms with E-state index in [0.717, 1.165) is 11.8 Å². The quantitative estimate of drug-likeness (QED) is 0.829. The highest BCUT2D eigenvalue weighted by molar-refractivity contribution is 5.99. The van der Waals surface area contributed by atoms with Crippen molar-refractivity contribution >= 4 is 17.3 Å². The maximum atomic E-state index is 12.9. The monoisotopic (exact) mass is 287 g/mol. The number of rotatable bonds is 5. The van der Waals surface area contributed by atoms with Gasteiger partial charge in [-0.15, -0.1) is 0 Å². The molecule has 2 rings (SSSR count). The number of anilines is 2. The molecule has 110 valence electrons. The highest BCUT2D eigenvalue weighted by Gasteiger charge is 2.10. The Morgan fingerprint density at radius 2 is 1.95 bits per heavy atom. The van der Waals surface area contributed by atoms with Gasteiger partial charge in [0.1, 0.15) is 5.82 Å². The third kappa shape index (κ3) is 3.95. The van der Waals surface area contributed by atoms with Gasteiger partial charge in [0.15, 0.2) is 0 Å². The van der Waals surface area contributed by atoms with Gasteiger partial charge in [0.05, 0.1) is 5.56 Å². The standard InChI is InChI=1S/C16H18FN3O/c1-20(13-5-3-2-4-6-13)10-9-19-16(21)14-8-7-12(17)11-15(14)18/h2-8,11H,9-10,18H2,1H3,(H,19,21). The summed E-state index contributed by atoms with van der Waals surface area (Å²) in [5, 5.41) is 2.78. The number of carbonyl (C=O) groups excluding carboxylic acids is 1. The van der Waals surface area contributed by atoms with E-state index in [4.69, 9.17) is 5.73 Å². The van der Waals surface area contributed by atoms with Gasteiger partial charge >= 0.3 is 0 Å². The minimum absolute atomic E-state index is 0.143. The number of nitrogen functional groups attached to an aromatic ring is 1. The molecule has 4 nitrogen and oxygen atoms in total. The van der Waals surface area contributed by atoms with Crippen LogP contribution in [-0.2, 0) is 0 Å². The van der Waals surface area contributed by atoms with Crippen LogP contribution in [0.3, 0.4) is 0 Å². The van der Waals surface area contributed by atoms with Crippen molar-refractivity contribution in [3.05, 3.63) is 59.9 Å². The Bertz CT molecular complexity index is 616. The Morgan fingerprint density at radius 1 is 1.24 bits per heavy atom. The van der Waals surface area contributed by atoms with Gasteiger partial charge in [0.25, 0.3) is 5.91 Å². The molecule has 2 aromatic carbocycles. The molecule has 2 aromatic rings. The number of likely N-dealkylation sites (N-methyl/N-ethyl adjacent to an activating group) is 1. The second kappa shape index (κ2) is 6.74. The number of benzene rings is 2. The van der Waals surface area contributed by atoms with Crippen molar-refractivity contribution < 1.29 is 9.18 Å². The molecular formula is C16H18FN3O. The van der Waals surface area contributed by atoms with E-state index in [0.29, 0.717) is 18.7 Å². The second-order valence-corrected chi connectivity index (χ2v) is 4.74. The van der Waals surface area contributed by atoms with E-state index < -0.39 is 5.82 Å². The van der Waals surface area contributed by atoms with Crippen molar-refractivity contribution in [2.45, 2.75) is 0 Å². The van der Waals surface area contributed by atoms with Crippen LogP contribution < -0.4 is 16.0 Å². The third-order valence-electron chi connectivity index (χ3n) is 3.19. The fourth-order valence-corrected chi connectivity index (χ4v) is 1.98. The second-order valence-electron chi connectivity index (χ2n) is 4.74. The van der Waals surface area contributed by atoms with Crippen LogP contribution in [0.5, 0.6) is 0 Å². The van der Waals surface area contributed by atoms with Crippen LogP contribution in [0.4, 0.5) is 15.8 Å². The van der Waals surface area contributed by atoms with E-state index in [2.05, 4.69) is 5.32 Å². The summed E-state index contributed by atoms with van der Waals surface area (Å²) in [4.78, 5) is 14.0. The Morgan fingerprint density at radius 3 is 2.62 bits per heavy atom. The number of hydrogen-bond donors (Lipinski definition) is 2. The molecule has 0 spiro atoms. The van der Waals surface area contributed by atoms with Crippen LogP contribution in [-0.4, -0.2) is 26.0 Å². The van der Waals surface area contributed by atoms with Crippen molar-refractivity contribution in [1.82, 2.24) is 5.32 Å². The molecule has 5 heteroatoms. The molecule has 0 radical (unpaired) electrons. The maximum absolute atomic E-state index is 12.9. The van der Waals surface area contributed by atoms with Crippen LogP contribution in [0.25, 0.3) is 0 Å². The summed E-state index contributed by atoms with van der Waals surface area (Å²) in [6.45, 7) is 1.14. The molecule has 0 aromatic heterocycles. The van der Waals surface area contributed by atoms with E-state index in [-0.39, 0.29) is 11.6 Å². The Balaban J connectivity index is 1.87. The Kier molecular flexibility index (Phi) is 4.77. The average molecular weight is 287 g/mol. The van der Waals surface area contributed by atoms with Crippen LogP contribution in [0.15, 0.2) is 48.5 Å². The van der Waals surface area contributed by atoms with Crippen molar-refractivity contribution in [3.8, 4) is 0 Å². The first-order chi connectivity index (χ1) is 10.1. The first kappa shape index (κ1) is 14.8. The van der Waals surface area contributed by atoms with Crippen molar-refractivity contribution in [2.75, 3.05) is 30.8 Å². The zero-order chi connectivity index (χ0) is 15.2. The molecule has 0 saturated heterocycles. The van der Waals surface area contributed by atoms with E-state index in [1.807, 2.05) is 42.3 Å². The van der Waals surface area contributed by atoms with Crippen molar-refractivity contribution in [2.24, 2.45) is 0 Å². The number of halogens is 1. The molecule has 0 aliphatic heterocycles. The predicted octanol–water partition coefficient (Wildman–Crippen LogP) is 2.27. The third-order valence-corrected chi connectivity index (χ3v) is 3.19. The number of nitrogens with two attached hydrogens (primary N) is 1. The summed E-state index contributed by atoms with van der Waals surface area (Å²) >= 11 is 0.